The van der Waals surface area contributed by atoms with Gasteiger partial charge in [0.15, 0.2) is 0 Å². The molecule has 1 heterocycles. The first-order valence-electron chi connectivity index (χ1n) is 10.9. The van der Waals surface area contributed by atoms with E-state index in [9.17, 15) is 9.59 Å². The summed E-state index contributed by atoms with van der Waals surface area (Å²) in [4.78, 5) is 31.8. The first kappa shape index (κ1) is 26.0. The third kappa shape index (κ3) is 7.12. The van der Waals surface area contributed by atoms with Crippen LogP contribution in [0.1, 0.15) is 60.2 Å². The van der Waals surface area contributed by atoms with Crippen molar-refractivity contribution in [2.75, 3.05) is 20.7 Å². The van der Waals surface area contributed by atoms with E-state index >= 15 is 0 Å². The molecule has 0 saturated carbocycles. The molecule has 0 atom stereocenters. The maximum atomic E-state index is 13.3. The van der Waals surface area contributed by atoms with Crippen LogP contribution in [0, 0.1) is 5.41 Å². The topological polar surface area (TPSA) is 73.7 Å². The molecule has 0 radical (unpaired) electrons. The Balaban J connectivity index is 2.23. The summed E-state index contributed by atoms with van der Waals surface area (Å²) in [5, 5.41) is 0.868. The number of hydrogen-bond acceptors (Lipinski definition) is 5. The van der Waals surface area contributed by atoms with Gasteiger partial charge < -0.3 is 14.4 Å². The SMILES string of the molecule is COc1cc2nc(CCCCN(C)C(=O)OC(C)(C)C)n(CC(C)(C)C)c(=O)c2cc1Cl. The van der Waals surface area contributed by atoms with Gasteiger partial charge in [0.25, 0.3) is 5.56 Å². The predicted octanol–water partition coefficient (Wildman–Crippen LogP) is 5.29. The Morgan fingerprint density at radius 2 is 1.81 bits per heavy atom. The summed E-state index contributed by atoms with van der Waals surface area (Å²) in [6.07, 6.45) is 1.83. The summed E-state index contributed by atoms with van der Waals surface area (Å²) in [6.45, 7) is 12.9. The van der Waals surface area contributed by atoms with Gasteiger partial charge in [0.1, 0.15) is 17.2 Å². The van der Waals surface area contributed by atoms with Crippen molar-refractivity contribution >= 4 is 28.6 Å². The number of carbonyl (C=O) groups excluding carboxylic acids is 1. The number of halogens is 1. The van der Waals surface area contributed by atoms with Crippen LogP contribution in [0.2, 0.25) is 5.02 Å². The van der Waals surface area contributed by atoms with Gasteiger partial charge in [-0.3, -0.25) is 9.36 Å². The largest absolute Gasteiger partial charge is 0.495 e. The van der Waals surface area contributed by atoms with Crippen LogP contribution in [0.4, 0.5) is 4.79 Å². The van der Waals surface area contributed by atoms with E-state index in [1.54, 1.807) is 28.6 Å². The van der Waals surface area contributed by atoms with Crippen LogP contribution < -0.4 is 10.3 Å². The molecule has 178 valence electrons. The molecule has 0 N–H and O–H groups in total. The van der Waals surface area contributed by atoms with Gasteiger partial charge in [-0.25, -0.2) is 9.78 Å². The summed E-state index contributed by atoms with van der Waals surface area (Å²) < 4.78 is 12.4. The zero-order chi connectivity index (χ0) is 24.3. The smallest absolute Gasteiger partial charge is 0.410 e. The van der Waals surface area contributed by atoms with Crippen molar-refractivity contribution in [1.29, 1.82) is 0 Å². The molecule has 1 aromatic carbocycles. The maximum Gasteiger partial charge on any atom is 0.410 e. The molecular weight excluding hydrogens is 430 g/mol. The Kier molecular flexibility index (Phi) is 8.21. The average molecular weight is 466 g/mol. The van der Waals surface area contributed by atoms with Crippen molar-refractivity contribution in [3.05, 3.63) is 33.3 Å². The Hall–Kier alpha value is -2.28. The van der Waals surface area contributed by atoms with Crippen LogP contribution >= 0.6 is 11.6 Å². The van der Waals surface area contributed by atoms with Crippen LogP contribution in [0.3, 0.4) is 0 Å². The minimum absolute atomic E-state index is 0.0961. The summed E-state index contributed by atoms with van der Waals surface area (Å²) in [5.41, 5.74) is -0.147. The van der Waals surface area contributed by atoms with Crippen molar-refractivity contribution in [2.45, 2.75) is 73.0 Å². The van der Waals surface area contributed by atoms with Gasteiger partial charge in [-0.1, -0.05) is 32.4 Å². The number of methoxy groups -OCH3 is 1. The first-order valence-corrected chi connectivity index (χ1v) is 11.3. The van der Waals surface area contributed by atoms with Crippen LogP contribution in [-0.4, -0.2) is 46.8 Å². The van der Waals surface area contributed by atoms with Crippen molar-refractivity contribution < 1.29 is 14.3 Å². The first-order chi connectivity index (χ1) is 14.7. The van der Waals surface area contributed by atoms with E-state index in [1.165, 1.54) is 7.11 Å². The number of rotatable bonds is 7. The molecular formula is C24H36ClN3O4. The van der Waals surface area contributed by atoms with Gasteiger partial charge in [-0.15, -0.1) is 0 Å². The minimum atomic E-state index is -0.521. The Morgan fingerprint density at radius 3 is 2.38 bits per heavy atom. The van der Waals surface area contributed by atoms with E-state index in [1.807, 2.05) is 20.8 Å². The molecule has 0 spiro atoms. The minimum Gasteiger partial charge on any atom is -0.495 e. The van der Waals surface area contributed by atoms with E-state index in [2.05, 4.69) is 20.8 Å². The number of fused-ring (bicyclic) bond motifs is 1. The second-order valence-electron chi connectivity index (χ2n) is 10.3. The summed E-state index contributed by atoms with van der Waals surface area (Å²) in [5.74, 6) is 1.21. The molecule has 0 aliphatic heterocycles. The monoisotopic (exact) mass is 465 g/mol. The van der Waals surface area contributed by atoms with E-state index in [-0.39, 0.29) is 17.1 Å². The number of ether oxygens (including phenoxy) is 2. The normalized spacial score (nSPS) is 12.2. The third-order valence-electron chi connectivity index (χ3n) is 4.79. The number of hydrogen-bond donors (Lipinski definition) is 0. The molecule has 0 fully saturated rings. The highest BCUT2D eigenvalue weighted by Crippen LogP contribution is 2.28. The number of aromatic nitrogens is 2. The maximum absolute atomic E-state index is 13.3. The van der Waals surface area contributed by atoms with E-state index in [0.717, 1.165) is 18.7 Å². The van der Waals surface area contributed by atoms with Crippen molar-refractivity contribution in [2.24, 2.45) is 5.41 Å². The summed E-state index contributed by atoms with van der Waals surface area (Å²) >= 11 is 6.25. The highest BCUT2D eigenvalue weighted by molar-refractivity contribution is 6.32. The zero-order valence-corrected chi connectivity index (χ0v) is 21.3. The molecule has 2 rings (SSSR count). The predicted molar refractivity (Wildman–Crippen MR) is 129 cm³/mol. The summed E-state index contributed by atoms with van der Waals surface area (Å²) in [6, 6.07) is 3.34. The fourth-order valence-electron chi connectivity index (χ4n) is 3.32. The van der Waals surface area contributed by atoms with Gasteiger partial charge in [0, 0.05) is 32.6 Å². The summed E-state index contributed by atoms with van der Waals surface area (Å²) in [7, 11) is 3.27. The van der Waals surface area contributed by atoms with E-state index < -0.39 is 5.60 Å². The number of nitrogens with zero attached hydrogens (tertiary/aromatic N) is 3. The van der Waals surface area contributed by atoms with Gasteiger partial charge in [0.2, 0.25) is 0 Å². The molecule has 0 aliphatic rings. The molecule has 1 aromatic heterocycles. The molecule has 0 bridgehead atoms. The lowest BCUT2D eigenvalue weighted by molar-refractivity contribution is 0.0296. The molecule has 0 aliphatic carbocycles. The van der Waals surface area contributed by atoms with Crippen molar-refractivity contribution in [3.63, 3.8) is 0 Å². The van der Waals surface area contributed by atoms with Gasteiger partial charge in [-0.2, -0.15) is 0 Å². The third-order valence-corrected chi connectivity index (χ3v) is 5.08. The van der Waals surface area contributed by atoms with Gasteiger partial charge >= 0.3 is 6.09 Å². The zero-order valence-electron chi connectivity index (χ0n) is 20.5. The van der Waals surface area contributed by atoms with Crippen LogP contribution in [0.25, 0.3) is 10.9 Å². The lowest BCUT2D eigenvalue weighted by Gasteiger charge is -2.25. The molecule has 2 aromatic rings. The Bertz CT molecular complexity index is 1020. The highest BCUT2D eigenvalue weighted by atomic mass is 35.5. The lowest BCUT2D eigenvalue weighted by atomic mass is 9.96. The van der Waals surface area contributed by atoms with E-state index in [4.69, 9.17) is 26.1 Å². The second-order valence-corrected chi connectivity index (χ2v) is 10.8. The van der Waals surface area contributed by atoms with Gasteiger partial charge in [-0.05, 0) is 45.1 Å². The quantitative estimate of drug-likeness (QED) is 0.519. The molecule has 0 saturated heterocycles. The van der Waals surface area contributed by atoms with Crippen LogP contribution in [0.5, 0.6) is 5.75 Å². The standard InChI is InChI=1S/C24H36ClN3O4/c1-23(2,3)15-28-20(11-9-10-12-27(7)22(30)32-24(4,5)6)26-18-14-19(31-8)17(25)13-16(18)21(28)29/h13-14H,9-12,15H2,1-8H3. The number of unbranched alkanes of at least 4 members (excludes halogenated alkanes) is 1. The highest BCUT2D eigenvalue weighted by Gasteiger charge is 2.21. The second kappa shape index (κ2) is 10.1. The molecule has 0 unspecified atom stereocenters. The van der Waals surface area contributed by atoms with Crippen LogP contribution in [0.15, 0.2) is 16.9 Å². The molecule has 32 heavy (non-hydrogen) atoms. The Morgan fingerprint density at radius 1 is 1.16 bits per heavy atom. The van der Waals surface area contributed by atoms with Gasteiger partial charge in [0.05, 0.1) is 23.0 Å². The van der Waals surface area contributed by atoms with Crippen LogP contribution in [-0.2, 0) is 17.7 Å². The lowest BCUT2D eigenvalue weighted by Crippen LogP contribution is -2.34. The molecule has 8 heteroatoms. The fourth-order valence-corrected chi connectivity index (χ4v) is 3.56. The number of aryl methyl sites for hydroxylation is 1. The number of carbonyl (C=O) groups is 1. The molecule has 1 amide bonds. The fraction of sp³-hybridized carbons (Fsp3) is 0.625. The van der Waals surface area contributed by atoms with Crippen molar-refractivity contribution in [3.8, 4) is 5.75 Å². The van der Waals surface area contributed by atoms with Crippen molar-refractivity contribution in [1.82, 2.24) is 14.5 Å². The molecule has 7 nitrogen and oxygen atoms in total. The number of amides is 1. The Labute approximate surface area is 195 Å². The number of benzene rings is 1. The van der Waals surface area contributed by atoms with E-state index in [0.29, 0.717) is 41.2 Å². The average Bonchev–Trinajstić information content (AvgIpc) is 2.65.